The maximum absolute atomic E-state index is 11.9. The van der Waals surface area contributed by atoms with Crippen LogP contribution in [-0.2, 0) is 4.79 Å². The predicted molar refractivity (Wildman–Crippen MR) is 81.0 cm³/mol. The van der Waals surface area contributed by atoms with Crippen LogP contribution in [0, 0.1) is 0 Å². The summed E-state index contributed by atoms with van der Waals surface area (Å²) < 4.78 is 0. The first-order valence-electron chi connectivity index (χ1n) is 7.19. The van der Waals surface area contributed by atoms with E-state index in [-0.39, 0.29) is 24.9 Å². The summed E-state index contributed by atoms with van der Waals surface area (Å²) in [6.07, 6.45) is 2.45. The summed E-state index contributed by atoms with van der Waals surface area (Å²) in [5.74, 6) is -0.120. The molecule has 1 atom stereocenters. The van der Waals surface area contributed by atoms with Gasteiger partial charge in [-0.3, -0.25) is 9.69 Å². The van der Waals surface area contributed by atoms with E-state index >= 15 is 0 Å². The van der Waals surface area contributed by atoms with Crippen LogP contribution in [-0.4, -0.2) is 90.7 Å². The van der Waals surface area contributed by atoms with Crippen molar-refractivity contribution in [2.75, 3.05) is 52.9 Å². The highest BCUT2D eigenvalue weighted by molar-refractivity contribution is 5.85. The molecule has 0 spiro atoms. The molecule has 2 heterocycles. The van der Waals surface area contributed by atoms with Gasteiger partial charge in [0, 0.05) is 32.2 Å². The van der Waals surface area contributed by atoms with Gasteiger partial charge in [0.1, 0.15) is 6.04 Å². The fraction of sp³-hybridized carbons (Fsp3) is 0.923. The van der Waals surface area contributed by atoms with E-state index < -0.39 is 6.04 Å². The summed E-state index contributed by atoms with van der Waals surface area (Å²) in [7, 11) is 2.17. The SMILES string of the molecule is CN1CCC(N2CCN(C(=O)[C@H](N)CO)CC2)CC1.Cl. The normalized spacial score (nSPS) is 24.2. The van der Waals surface area contributed by atoms with Crippen molar-refractivity contribution in [1.29, 1.82) is 0 Å². The van der Waals surface area contributed by atoms with Crippen LogP contribution in [0.1, 0.15) is 12.8 Å². The lowest BCUT2D eigenvalue weighted by Gasteiger charge is -2.42. The van der Waals surface area contributed by atoms with E-state index in [4.69, 9.17) is 10.8 Å². The number of hydrogen-bond acceptors (Lipinski definition) is 5. The second kappa shape index (κ2) is 8.14. The van der Waals surface area contributed by atoms with Gasteiger partial charge in [-0.2, -0.15) is 0 Å². The Kier molecular flexibility index (Phi) is 7.19. The van der Waals surface area contributed by atoms with Gasteiger partial charge in [-0.05, 0) is 33.0 Å². The molecular formula is C13H27ClN4O2. The van der Waals surface area contributed by atoms with Gasteiger partial charge in [-0.15, -0.1) is 12.4 Å². The Morgan fingerprint density at radius 1 is 1.20 bits per heavy atom. The van der Waals surface area contributed by atoms with Crippen molar-refractivity contribution in [1.82, 2.24) is 14.7 Å². The molecule has 0 aromatic rings. The molecule has 2 saturated heterocycles. The van der Waals surface area contributed by atoms with Gasteiger partial charge in [0.2, 0.25) is 5.91 Å². The second-order valence-electron chi connectivity index (χ2n) is 5.68. The molecule has 0 saturated carbocycles. The number of nitrogens with zero attached hydrogens (tertiary/aromatic N) is 3. The van der Waals surface area contributed by atoms with Gasteiger partial charge >= 0.3 is 0 Å². The molecule has 0 aromatic carbocycles. The van der Waals surface area contributed by atoms with Crippen molar-refractivity contribution < 1.29 is 9.90 Å². The van der Waals surface area contributed by atoms with Crippen molar-refractivity contribution in [3.63, 3.8) is 0 Å². The molecule has 0 bridgehead atoms. The van der Waals surface area contributed by atoms with Crippen molar-refractivity contribution >= 4 is 18.3 Å². The third-order valence-corrected chi connectivity index (χ3v) is 4.34. The number of aliphatic hydroxyl groups excluding tert-OH is 1. The molecule has 20 heavy (non-hydrogen) atoms. The van der Waals surface area contributed by atoms with Gasteiger partial charge in [0.05, 0.1) is 6.61 Å². The second-order valence-corrected chi connectivity index (χ2v) is 5.68. The molecule has 2 aliphatic rings. The highest BCUT2D eigenvalue weighted by atomic mass is 35.5. The van der Waals surface area contributed by atoms with Crippen molar-refractivity contribution in [2.24, 2.45) is 5.73 Å². The first kappa shape index (κ1) is 17.7. The molecule has 2 rings (SSSR count). The number of piperazine rings is 1. The monoisotopic (exact) mass is 306 g/mol. The average Bonchev–Trinajstić information content (AvgIpc) is 2.46. The number of carbonyl (C=O) groups is 1. The van der Waals surface area contributed by atoms with Crippen LogP contribution >= 0.6 is 12.4 Å². The highest BCUT2D eigenvalue weighted by Crippen LogP contribution is 2.17. The Balaban J connectivity index is 0.00000200. The van der Waals surface area contributed by atoms with E-state index in [0.717, 1.165) is 26.2 Å². The number of aliphatic hydroxyl groups is 1. The number of piperidine rings is 1. The summed E-state index contributed by atoms with van der Waals surface area (Å²) in [5.41, 5.74) is 5.58. The molecule has 7 heteroatoms. The zero-order chi connectivity index (χ0) is 13.8. The maximum Gasteiger partial charge on any atom is 0.241 e. The third kappa shape index (κ3) is 4.30. The molecule has 3 N–H and O–H groups in total. The molecule has 2 aliphatic heterocycles. The third-order valence-electron chi connectivity index (χ3n) is 4.34. The van der Waals surface area contributed by atoms with Gasteiger partial charge in [-0.1, -0.05) is 0 Å². The van der Waals surface area contributed by atoms with E-state index in [1.54, 1.807) is 4.90 Å². The van der Waals surface area contributed by atoms with Gasteiger partial charge in [0.15, 0.2) is 0 Å². The number of amides is 1. The van der Waals surface area contributed by atoms with Crippen molar-refractivity contribution in [2.45, 2.75) is 24.9 Å². The molecule has 0 aromatic heterocycles. The standard InChI is InChI=1S/C13H26N4O2.ClH/c1-15-4-2-11(3-5-15)16-6-8-17(9-7-16)13(19)12(14)10-18;/h11-12,18H,2-10,14H2,1H3;1H/t12-;/m1./s1. The Labute approximate surface area is 127 Å². The van der Waals surface area contributed by atoms with Crippen molar-refractivity contribution in [3.05, 3.63) is 0 Å². The van der Waals surface area contributed by atoms with Crippen LogP contribution in [0.5, 0.6) is 0 Å². The fourth-order valence-corrected chi connectivity index (χ4v) is 2.98. The number of likely N-dealkylation sites (tertiary alicyclic amines) is 1. The smallest absolute Gasteiger partial charge is 0.241 e. The van der Waals surface area contributed by atoms with E-state index in [0.29, 0.717) is 6.04 Å². The summed E-state index contributed by atoms with van der Waals surface area (Å²) in [6.45, 7) is 5.39. The lowest BCUT2D eigenvalue weighted by molar-refractivity contribution is -0.135. The Morgan fingerprint density at radius 2 is 1.75 bits per heavy atom. The highest BCUT2D eigenvalue weighted by Gasteiger charge is 2.29. The minimum absolute atomic E-state index is 0. The Bertz CT molecular complexity index is 303. The van der Waals surface area contributed by atoms with Crippen LogP contribution in [0.3, 0.4) is 0 Å². The molecule has 0 aliphatic carbocycles. The zero-order valence-electron chi connectivity index (χ0n) is 12.2. The van der Waals surface area contributed by atoms with E-state index in [9.17, 15) is 4.79 Å². The van der Waals surface area contributed by atoms with Gasteiger partial charge in [-0.25, -0.2) is 0 Å². The van der Waals surface area contributed by atoms with Crippen LogP contribution in [0.25, 0.3) is 0 Å². The molecule has 6 nitrogen and oxygen atoms in total. The topological polar surface area (TPSA) is 73.0 Å². The number of nitrogens with two attached hydrogens (primary N) is 1. The lowest BCUT2D eigenvalue weighted by atomic mass is 10.0. The minimum Gasteiger partial charge on any atom is -0.394 e. The predicted octanol–water partition coefficient (Wildman–Crippen LogP) is -1.03. The zero-order valence-corrected chi connectivity index (χ0v) is 13.0. The Hall–Kier alpha value is -0.400. The number of halogens is 1. The number of hydrogen-bond donors (Lipinski definition) is 2. The first-order chi connectivity index (χ1) is 9.11. The summed E-state index contributed by atoms with van der Waals surface area (Å²) in [6, 6.07) is -0.0881. The molecular weight excluding hydrogens is 280 g/mol. The summed E-state index contributed by atoms with van der Waals surface area (Å²) >= 11 is 0. The molecule has 0 unspecified atom stereocenters. The molecule has 2 fully saturated rings. The van der Waals surface area contributed by atoms with Crippen molar-refractivity contribution in [3.8, 4) is 0 Å². The van der Waals surface area contributed by atoms with E-state index in [1.165, 1.54) is 25.9 Å². The molecule has 1 amide bonds. The quantitative estimate of drug-likeness (QED) is 0.697. The lowest BCUT2D eigenvalue weighted by Crippen LogP contribution is -2.57. The Morgan fingerprint density at radius 3 is 2.25 bits per heavy atom. The number of carbonyl (C=O) groups excluding carboxylic acids is 1. The van der Waals surface area contributed by atoms with Gasteiger partial charge in [0.25, 0.3) is 0 Å². The average molecular weight is 307 g/mol. The molecule has 0 radical (unpaired) electrons. The van der Waals surface area contributed by atoms with Crippen LogP contribution < -0.4 is 5.73 Å². The summed E-state index contributed by atoms with van der Waals surface area (Å²) in [4.78, 5) is 18.5. The number of rotatable bonds is 3. The van der Waals surface area contributed by atoms with Crippen LogP contribution in [0.4, 0.5) is 0 Å². The van der Waals surface area contributed by atoms with Crippen LogP contribution in [0.15, 0.2) is 0 Å². The first-order valence-corrected chi connectivity index (χ1v) is 7.19. The fourth-order valence-electron chi connectivity index (χ4n) is 2.98. The van der Waals surface area contributed by atoms with Gasteiger partial charge < -0.3 is 20.6 Å². The van der Waals surface area contributed by atoms with Crippen LogP contribution in [0.2, 0.25) is 0 Å². The molecule has 118 valence electrons. The van der Waals surface area contributed by atoms with E-state index in [2.05, 4.69) is 16.8 Å². The maximum atomic E-state index is 11.9. The van der Waals surface area contributed by atoms with E-state index in [1.807, 2.05) is 0 Å². The minimum atomic E-state index is -0.755. The summed E-state index contributed by atoms with van der Waals surface area (Å²) in [5, 5.41) is 8.93. The largest absolute Gasteiger partial charge is 0.394 e.